The summed E-state index contributed by atoms with van der Waals surface area (Å²) >= 11 is 2.13. The van der Waals surface area contributed by atoms with Crippen molar-refractivity contribution in [1.82, 2.24) is 9.78 Å². The van der Waals surface area contributed by atoms with Gasteiger partial charge in [-0.3, -0.25) is 9.40 Å². The van der Waals surface area contributed by atoms with Crippen molar-refractivity contribution in [2.45, 2.75) is 25.3 Å². The Bertz CT molecular complexity index is 756. The summed E-state index contributed by atoms with van der Waals surface area (Å²) in [6.45, 7) is 4.32. The first-order chi connectivity index (χ1) is 9.85. The number of sulfonamides is 1. The molecule has 0 amide bonds. The van der Waals surface area contributed by atoms with Crippen LogP contribution in [0.4, 0.5) is 5.69 Å². The molecule has 2 rings (SSSR count). The van der Waals surface area contributed by atoms with Gasteiger partial charge >= 0.3 is 0 Å². The zero-order valence-electron chi connectivity index (χ0n) is 11.8. The molecular weight excluding hydrogens is 403 g/mol. The Labute approximate surface area is 137 Å². The number of rotatable bonds is 5. The van der Waals surface area contributed by atoms with Crippen LogP contribution in [-0.4, -0.2) is 24.7 Å². The van der Waals surface area contributed by atoms with Gasteiger partial charge in [-0.15, -0.1) is 0 Å². The summed E-state index contributed by atoms with van der Waals surface area (Å²) in [6, 6.07) is 7.19. The molecule has 0 fully saturated rings. The van der Waals surface area contributed by atoms with Crippen LogP contribution in [0.25, 0.3) is 0 Å². The quantitative estimate of drug-likeness (QED) is 0.723. The SMILES string of the molecule is Cc1nn(CCN)c(C)c1S(=O)(=O)Nc1cccc(I)c1. The normalized spacial score (nSPS) is 11.6. The number of hydrogen-bond donors (Lipinski definition) is 2. The van der Waals surface area contributed by atoms with Crippen molar-refractivity contribution in [3.8, 4) is 0 Å². The van der Waals surface area contributed by atoms with E-state index in [-0.39, 0.29) is 4.90 Å². The number of halogens is 1. The molecule has 21 heavy (non-hydrogen) atoms. The number of anilines is 1. The molecule has 0 spiro atoms. The molecule has 0 aliphatic carbocycles. The van der Waals surface area contributed by atoms with Crippen molar-refractivity contribution in [2.75, 3.05) is 11.3 Å². The molecule has 0 aliphatic rings. The lowest BCUT2D eigenvalue weighted by molar-refractivity contribution is 0.593. The fourth-order valence-corrected chi connectivity index (χ4v) is 4.17. The van der Waals surface area contributed by atoms with Crippen molar-refractivity contribution in [2.24, 2.45) is 5.73 Å². The molecule has 0 unspecified atom stereocenters. The first-order valence-electron chi connectivity index (χ1n) is 6.37. The van der Waals surface area contributed by atoms with Gasteiger partial charge in [0.2, 0.25) is 0 Å². The monoisotopic (exact) mass is 420 g/mol. The van der Waals surface area contributed by atoms with E-state index in [4.69, 9.17) is 5.73 Å². The predicted molar refractivity (Wildman–Crippen MR) is 90.7 cm³/mol. The topological polar surface area (TPSA) is 90.0 Å². The van der Waals surface area contributed by atoms with E-state index >= 15 is 0 Å². The van der Waals surface area contributed by atoms with Crippen LogP contribution in [-0.2, 0) is 16.6 Å². The van der Waals surface area contributed by atoms with Crippen LogP contribution in [0.1, 0.15) is 11.4 Å². The molecular formula is C13H17IN4O2S. The van der Waals surface area contributed by atoms with Gasteiger partial charge in [0.25, 0.3) is 10.0 Å². The van der Waals surface area contributed by atoms with E-state index in [1.165, 1.54) is 0 Å². The lowest BCUT2D eigenvalue weighted by Crippen LogP contribution is -2.16. The van der Waals surface area contributed by atoms with Crippen LogP contribution >= 0.6 is 22.6 Å². The highest BCUT2D eigenvalue weighted by Crippen LogP contribution is 2.23. The molecule has 0 aliphatic heterocycles. The van der Waals surface area contributed by atoms with E-state index in [1.807, 2.05) is 6.07 Å². The maximum absolute atomic E-state index is 12.6. The average molecular weight is 420 g/mol. The van der Waals surface area contributed by atoms with Crippen LogP contribution in [0.5, 0.6) is 0 Å². The maximum Gasteiger partial charge on any atom is 0.265 e. The van der Waals surface area contributed by atoms with Crippen molar-refractivity contribution in [3.05, 3.63) is 39.2 Å². The summed E-state index contributed by atoms with van der Waals surface area (Å²) in [7, 11) is -3.67. The Morgan fingerprint density at radius 1 is 1.38 bits per heavy atom. The molecule has 3 N–H and O–H groups in total. The minimum atomic E-state index is -3.67. The van der Waals surface area contributed by atoms with Gasteiger partial charge in [0.05, 0.1) is 17.9 Å². The first kappa shape index (κ1) is 16.2. The van der Waals surface area contributed by atoms with Crippen LogP contribution in [0.15, 0.2) is 29.2 Å². The second kappa shape index (κ2) is 6.32. The van der Waals surface area contributed by atoms with Crippen molar-refractivity contribution >= 4 is 38.3 Å². The third-order valence-corrected chi connectivity index (χ3v) is 5.31. The van der Waals surface area contributed by atoms with E-state index in [9.17, 15) is 8.42 Å². The number of aromatic nitrogens is 2. The van der Waals surface area contributed by atoms with E-state index in [1.54, 1.807) is 36.7 Å². The number of aryl methyl sites for hydroxylation is 1. The minimum absolute atomic E-state index is 0.217. The molecule has 1 heterocycles. The molecule has 1 aromatic carbocycles. The Balaban J connectivity index is 2.40. The van der Waals surface area contributed by atoms with Gasteiger partial charge in [0, 0.05) is 15.8 Å². The van der Waals surface area contributed by atoms with Gasteiger partial charge in [0.15, 0.2) is 0 Å². The number of hydrogen-bond acceptors (Lipinski definition) is 4. The fourth-order valence-electron chi connectivity index (χ4n) is 2.17. The van der Waals surface area contributed by atoms with E-state index in [0.29, 0.717) is 30.2 Å². The Morgan fingerprint density at radius 3 is 2.71 bits per heavy atom. The summed E-state index contributed by atoms with van der Waals surface area (Å²) in [6.07, 6.45) is 0. The average Bonchev–Trinajstić information content (AvgIpc) is 2.64. The summed E-state index contributed by atoms with van der Waals surface area (Å²) in [5, 5.41) is 4.24. The highest BCUT2D eigenvalue weighted by molar-refractivity contribution is 14.1. The minimum Gasteiger partial charge on any atom is -0.329 e. The molecule has 0 saturated heterocycles. The first-order valence-corrected chi connectivity index (χ1v) is 8.94. The molecule has 0 atom stereocenters. The van der Waals surface area contributed by atoms with Gasteiger partial charge in [-0.1, -0.05) is 6.07 Å². The molecule has 2 aromatic rings. The molecule has 114 valence electrons. The van der Waals surface area contributed by atoms with Gasteiger partial charge in [-0.2, -0.15) is 5.10 Å². The van der Waals surface area contributed by atoms with Gasteiger partial charge < -0.3 is 5.73 Å². The second-order valence-electron chi connectivity index (χ2n) is 4.63. The largest absolute Gasteiger partial charge is 0.329 e. The third kappa shape index (κ3) is 3.55. The lowest BCUT2D eigenvalue weighted by Gasteiger charge is -2.09. The Hall–Kier alpha value is -1.13. The van der Waals surface area contributed by atoms with Gasteiger partial charge in [-0.25, -0.2) is 8.42 Å². The zero-order valence-corrected chi connectivity index (χ0v) is 14.8. The van der Waals surface area contributed by atoms with Crippen LogP contribution in [0, 0.1) is 17.4 Å². The molecule has 0 bridgehead atoms. The number of nitrogens with zero attached hydrogens (tertiary/aromatic N) is 2. The highest BCUT2D eigenvalue weighted by atomic mass is 127. The van der Waals surface area contributed by atoms with Gasteiger partial charge in [-0.05, 0) is 54.6 Å². The molecule has 1 aromatic heterocycles. The molecule has 8 heteroatoms. The highest BCUT2D eigenvalue weighted by Gasteiger charge is 2.24. The van der Waals surface area contributed by atoms with Crippen molar-refractivity contribution in [3.63, 3.8) is 0 Å². The summed E-state index contributed by atoms with van der Waals surface area (Å²) < 4.78 is 30.3. The maximum atomic E-state index is 12.6. The van der Waals surface area contributed by atoms with Crippen LogP contribution in [0.3, 0.4) is 0 Å². The standard InChI is InChI=1S/C13H17IN4O2S/c1-9-13(10(2)18(16-9)7-6-15)21(19,20)17-12-5-3-4-11(14)8-12/h3-5,8,17H,6-7,15H2,1-2H3. The predicted octanol–water partition coefficient (Wildman–Crippen LogP) is 1.86. The van der Waals surface area contributed by atoms with E-state index in [2.05, 4.69) is 32.4 Å². The molecule has 0 radical (unpaired) electrons. The Kier molecular flexibility index (Phi) is 4.89. The van der Waals surface area contributed by atoms with Crippen molar-refractivity contribution in [1.29, 1.82) is 0 Å². The summed E-state index contributed by atoms with van der Waals surface area (Å²) in [5.41, 5.74) is 7.11. The van der Waals surface area contributed by atoms with Crippen molar-refractivity contribution < 1.29 is 8.42 Å². The lowest BCUT2D eigenvalue weighted by atomic mass is 10.3. The third-order valence-electron chi connectivity index (χ3n) is 3.00. The summed E-state index contributed by atoms with van der Waals surface area (Å²) in [4.78, 5) is 0.217. The fraction of sp³-hybridized carbons (Fsp3) is 0.308. The molecule has 0 saturated carbocycles. The van der Waals surface area contributed by atoms with E-state index < -0.39 is 10.0 Å². The second-order valence-corrected chi connectivity index (χ2v) is 7.49. The van der Waals surface area contributed by atoms with E-state index in [0.717, 1.165) is 3.57 Å². The number of nitrogens with two attached hydrogens (primary N) is 1. The van der Waals surface area contributed by atoms with Crippen LogP contribution < -0.4 is 10.5 Å². The smallest absolute Gasteiger partial charge is 0.265 e. The van der Waals surface area contributed by atoms with Crippen LogP contribution in [0.2, 0.25) is 0 Å². The van der Waals surface area contributed by atoms with Gasteiger partial charge in [0.1, 0.15) is 4.90 Å². The number of nitrogens with one attached hydrogen (secondary N) is 1. The Morgan fingerprint density at radius 2 is 2.10 bits per heavy atom. The zero-order chi connectivity index (χ0) is 15.6. The molecule has 6 nitrogen and oxygen atoms in total. The summed E-state index contributed by atoms with van der Waals surface area (Å²) in [5.74, 6) is 0. The number of benzene rings is 1.